The standard InChI is InChI=1S/C13H22N2O2/c1-9(2)5-12-13(17)14-11(6-10-3-4-10)7-15(12)8-16/h8-12H,3-7H2,1-2H3,(H,14,17). The highest BCUT2D eigenvalue weighted by atomic mass is 16.2. The molecule has 1 aliphatic carbocycles. The first kappa shape index (κ1) is 12.4. The van der Waals surface area contributed by atoms with Gasteiger partial charge in [-0.2, -0.15) is 0 Å². The fraction of sp³-hybridized carbons (Fsp3) is 0.846. The molecule has 2 unspecified atom stereocenters. The van der Waals surface area contributed by atoms with Crippen molar-refractivity contribution in [2.24, 2.45) is 11.8 Å². The summed E-state index contributed by atoms with van der Waals surface area (Å²) in [6, 6.07) is -0.0911. The Morgan fingerprint density at radius 3 is 2.71 bits per heavy atom. The van der Waals surface area contributed by atoms with Gasteiger partial charge in [0, 0.05) is 12.6 Å². The maximum absolute atomic E-state index is 12.0. The second-order valence-electron chi connectivity index (χ2n) is 5.83. The molecular formula is C13H22N2O2. The van der Waals surface area contributed by atoms with Crippen molar-refractivity contribution in [3.05, 3.63) is 0 Å². The summed E-state index contributed by atoms with van der Waals surface area (Å²) in [5.74, 6) is 1.23. The van der Waals surface area contributed by atoms with Crippen molar-refractivity contribution in [3.8, 4) is 0 Å². The van der Waals surface area contributed by atoms with Crippen molar-refractivity contribution in [1.29, 1.82) is 0 Å². The number of hydrogen-bond donors (Lipinski definition) is 1. The molecule has 0 bridgehead atoms. The summed E-state index contributed by atoms with van der Waals surface area (Å²) in [5, 5.41) is 3.07. The first-order chi connectivity index (χ1) is 8.10. The van der Waals surface area contributed by atoms with Crippen molar-refractivity contribution >= 4 is 12.3 Å². The van der Waals surface area contributed by atoms with Gasteiger partial charge in [-0.1, -0.05) is 26.7 Å². The molecule has 2 amide bonds. The average molecular weight is 238 g/mol. The molecule has 0 aromatic carbocycles. The Labute approximate surface area is 103 Å². The van der Waals surface area contributed by atoms with Crippen LogP contribution in [0.15, 0.2) is 0 Å². The van der Waals surface area contributed by atoms with Gasteiger partial charge in [-0.05, 0) is 24.7 Å². The fourth-order valence-corrected chi connectivity index (χ4v) is 2.57. The summed E-state index contributed by atoms with van der Waals surface area (Å²) in [6.45, 7) is 4.84. The van der Waals surface area contributed by atoms with Crippen LogP contribution in [0, 0.1) is 11.8 Å². The minimum atomic E-state index is -0.261. The second kappa shape index (κ2) is 5.07. The van der Waals surface area contributed by atoms with E-state index in [4.69, 9.17) is 0 Å². The minimum Gasteiger partial charge on any atom is -0.350 e. The lowest BCUT2D eigenvalue weighted by Crippen LogP contribution is -2.59. The Morgan fingerprint density at radius 1 is 1.47 bits per heavy atom. The molecule has 0 aromatic rings. The van der Waals surface area contributed by atoms with Gasteiger partial charge < -0.3 is 10.2 Å². The summed E-state index contributed by atoms with van der Waals surface area (Å²) in [7, 11) is 0. The van der Waals surface area contributed by atoms with Gasteiger partial charge in [0.15, 0.2) is 0 Å². The van der Waals surface area contributed by atoms with E-state index in [-0.39, 0.29) is 18.0 Å². The normalized spacial score (nSPS) is 29.4. The van der Waals surface area contributed by atoms with Crippen LogP contribution in [-0.2, 0) is 9.59 Å². The number of carbonyl (C=O) groups is 2. The number of hydrogen-bond acceptors (Lipinski definition) is 2. The lowest BCUT2D eigenvalue weighted by molar-refractivity contribution is -0.138. The van der Waals surface area contributed by atoms with E-state index >= 15 is 0 Å². The molecule has 1 saturated heterocycles. The van der Waals surface area contributed by atoms with E-state index in [1.54, 1.807) is 4.90 Å². The molecule has 0 spiro atoms. The third kappa shape index (κ3) is 3.20. The molecule has 2 rings (SSSR count). The van der Waals surface area contributed by atoms with Crippen molar-refractivity contribution in [3.63, 3.8) is 0 Å². The van der Waals surface area contributed by atoms with Crippen molar-refractivity contribution in [2.75, 3.05) is 6.54 Å². The quantitative estimate of drug-likeness (QED) is 0.731. The number of amides is 2. The molecule has 2 atom stereocenters. The first-order valence-electron chi connectivity index (χ1n) is 6.61. The van der Waals surface area contributed by atoms with E-state index in [0.717, 1.165) is 25.2 Å². The van der Waals surface area contributed by atoms with Crippen LogP contribution >= 0.6 is 0 Å². The van der Waals surface area contributed by atoms with Gasteiger partial charge in [0.1, 0.15) is 6.04 Å². The van der Waals surface area contributed by atoms with Crippen LogP contribution in [-0.4, -0.2) is 35.8 Å². The Bertz CT molecular complexity index is 300. The van der Waals surface area contributed by atoms with Crippen LogP contribution in [0.2, 0.25) is 0 Å². The molecule has 96 valence electrons. The molecule has 2 fully saturated rings. The topological polar surface area (TPSA) is 49.4 Å². The van der Waals surface area contributed by atoms with Crippen LogP contribution in [0.5, 0.6) is 0 Å². The van der Waals surface area contributed by atoms with Gasteiger partial charge in [0.2, 0.25) is 12.3 Å². The van der Waals surface area contributed by atoms with Crippen molar-refractivity contribution < 1.29 is 9.59 Å². The lowest BCUT2D eigenvalue weighted by Gasteiger charge is -2.38. The van der Waals surface area contributed by atoms with E-state index in [0.29, 0.717) is 12.5 Å². The molecule has 4 heteroatoms. The van der Waals surface area contributed by atoms with E-state index in [2.05, 4.69) is 19.2 Å². The van der Waals surface area contributed by atoms with Crippen molar-refractivity contribution in [1.82, 2.24) is 10.2 Å². The highest BCUT2D eigenvalue weighted by Crippen LogP contribution is 2.34. The maximum Gasteiger partial charge on any atom is 0.243 e. The summed E-state index contributed by atoms with van der Waals surface area (Å²) in [6.07, 6.45) is 5.18. The molecule has 1 aliphatic heterocycles. The third-order valence-electron chi connectivity index (χ3n) is 3.63. The number of carbonyl (C=O) groups excluding carboxylic acids is 2. The van der Waals surface area contributed by atoms with Gasteiger partial charge in [-0.15, -0.1) is 0 Å². The largest absolute Gasteiger partial charge is 0.350 e. The fourth-order valence-electron chi connectivity index (χ4n) is 2.57. The molecular weight excluding hydrogens is 216 g/mol. The molecule has 0 aromatic heterocycles. The van der Waals surface area contributed by atoms with Crippen LogP contribution in [0.1, 0.15) is 39.5 Å². The first-order valence-corrected chi connectivity index (χ1v) is 6.61. The number of rotatable bonds is 5. The minimum absolute atomic E-state index is 0.0303. The smallest absolute Gasteiger partial charge is 0.243 e. The van der Waals surface area contributed by atoms with E-state index in [1.165, 1.54) is 12.8 Å². The maximum atomic E-state index is 12.0. The van der Waals surface area contributed by atoms with Crippen molar-refractivity contribution in [2.45, 2.75) is 51.6 Å². The molecule has 1 N–H and O–H groups in total. The zero-order valence-corrected chi connectivity index (χ0v) is 10.7. The molecule has 4 nitrogen and oxygen atoms in total. The third-order valence-corrected chi connectivity index (χ3v) is 3.63. The molecule has 1 saturated carbocycles. The Hall–Kier alpha value is -1.06. The van der Waals surface area contributed by atoms with Gasteiger partial charge in [-0.3, -0.25) is 9.59 Å². The molecule has 0 radical (unpaired) electrons. The number of nitrogens with one attached hydrogen (secondary N) is 1. The highest BCUT2D eigenvalue weighted by molar-refractivity contribution is 5.85. The predicted octanol–water partition coefficient (Wildman–Crippen LogP) is 1.16. The van der Waals surface area contributed by atoms with Gasteiger partial charge in [0.05, 0.1) is 0 Å². The Morgan fingerprint density at radius 2 is 2.18 bits per heavy atom. The molecule has 17 heavy (non-hydrogen) atoms. The monoisotopic (exact) mass is 238 g/mol. The molecule has 2 aliphatic rings. The number of nitrogens with zero attached hydrogens (tertiary/aromatic N) is 1. The molecule has 1 heterocycles. The van der Waals surface area contributed by atoms with Crippen LogP contribution in [0.3, 0.4) is 0 Å². The summed E-state index contributed by atoms with van der Waals surface area (Å²) >= 11 is 0. The zero-order chi connectivity index (χ0) is 12.4. The predicted molar refractivity (Wildman–Crippen MR) is 65.3 cm³/mol. The lowest BCUT2D eigenvalue weighted by atomic mass is 9.97. The SMILES string of the molecule is CC(C)CC1C(=O)NC(CC2CC2)CN1C=O. The second-order valence-corrected chi connectivity index (χ2v) is 5.83. The zero-order valence-electron chi connectivity index (χ0n) is 10.7. The summed E-state index contributed by atoms with van der Waals surface area (Å²) in [5.41, 5.74) is 0. The van der Waals surface area contributed by atoms with Gasteiger partial charge in [0.25, 0.3) is 0 Å². The van der Waals surface area contributed by atoms with Gasteiger partial charge in [-0.25, -0.2) is 0 Å². The number of piperazine rings is 1. The summed E-state index contributed by atoms with van der Waals surface area (Å²) < 4.78 is 0. The van der Waals surface area contributed by atoms with Crippen LogP contribution < -0.4 is 5.32 Å². The van der Waals surface area contributed by atoms with Crippen LogP contribution in [0.25, 0.3) is 0 Å². The van der Waals surface area contributed by atoms with E-state index in [9.17, 15) is 9.59 Å². The Balaban J connectivity index is 1.95. The Kier molecular flexibility index (Phi) is 3.69. The summed E-state index contributed by atoms with van der Waals surface area (Å²) in [4.78, 5) is 24.8. The highest BCUT2D eigenvalue weighted by Gasteiger charge is 2.36. The van der Waals surface area contributed by atoms with E-state index < -0.39 is 0 Å². The van der Waals surface area contributed by atoms with E-state index in [1.807, 2.05) is 0 Å². The van der Waals surface area contributed by atoms with Crippen LogP contribution in [0.4, 0.5) is 0 Å². The average Bonchev–Trinajstić information content (AvgIpc) is 3.05. The van der Waals surface area contributed by atoms with Gasteiger partial charge >= 0.3 is 0 Å².